The molecule has 124 valence electrons. The summed E-state index contributed by atoms with van der Waals surface area (Å²) in [5, 5.41) is 0. The van der Waals surface area contributed by atoms with Gasteiger partial charge in [-0.2, -0.15) is 16.8 Å². The van der Waals surface area contributed by atoms with E-state index in [0.29, 0.717) is 0 Å². The third-order valence-corrected chi connectivity index (χ3v) is 3.96. The summed E-state index contributed by atoms with van der Waals surface area (Å²) in [5.74, 6) is -0.947. The van der Waals surface area contributed by atoms with Gasteiger partial charge < -0.3 is 14.2 Å². The molecule has 2 saturated heterocycles. The van der Waals surface area contributed by atoms with E-state index in [9.17, 15) is 16.8 Å². The maximum absolute atomic E-state index is 11.4. The van der Waals surface area contributed by atoms with Crippen molar-refractivity contribution in [1.82, 2.24) is 0 Å². The minimum atomic E-state index is -3.79. The van der Waals surface area contributed by atoms with Crippen LogP contribution in [0.25, 0.3) is 0 Å². The molecule has 0 aromatic heterocycles. The molecule has 2 fully saturated rings. The Labute approximate surface area is 123 Å². The Morgan fingerprint density at radius 1 is 1.05 bits per heavy atom. The quantitative estimate of drug-likeness (QED) is 0.589. The Bertz CT molecular complexity index is 594. The van der Waals surface area contributed by atoms with E-state index in [2.05, 4.69) is 4.18 Å². The van der Waals surface area contributed by atoms with Crippen LogP contribution in [0.15, 0.2) is 0 Å². The van der Waals surface area contributed by atoms with Crippen molar-refractivity contribution in [2.45, 2.75) is 44.2 Å². The number of rotatable bonds is 5. The van der Waals surface area contributed by atoms with E-state index in [1.165, 1.54) is 0 Å². The fourth-order valence-corrected chi connectivity index (χ4v) is 3.21. The zero-order valence-electron chi connectivity index (χ0n) is 12.0. The molecule has 0 radical (unpaired) electrons. The van der Waals surface area contributed by atoms with Crippen LogP contribution in [0.1, 0.15) is 13.8 Å². The van der Waals surface area contributed by atoms with E-state index in [4.69, 9.17) is 18.4 Å². The van der Waals surface area contributed by atoms with Crippen molar-refractivity contribution in [3.05, 3.63) is 0 Å². The molecule has 0 saturated carbocycles. The van der Waals surface area contributed by atoms with Crippen LogP contribution < -0.4 is 0 Å². The Morgan fingerprint density at radius 3 is 2.19 bits per heavy atom. The van der Waals surface area contributed by atoms with Gasteiger partial charge in [0.25, 0.3) is 20.2 Å². The highest BCUT2D eigenvalue weighted by molar-refractivity contribution is 7.86. The molecule has 2 heterocycles. The summed E-state index contributed by atoms with van der Waals surface area (Å²) in [4.78, 5) is 0. The van der Waals surface area contributed by atoms with Crippen molar-refractivity contribution >= 4 is 20.2 Å². The zero-order chi connectivity index (χ0) is 16.1. The first kappa shape index (κ1) is 17.1. The van der Waals surface area contributed by atoms with Gasteiger partial charge in [-0.1, -0.05) is 0 Å². The average Bonchev–Trinajstić information content (AvgIpc) is 2.67. The molecule has 4 atom stereocenters. The number of ether oxygens (including phenoxy) is 3. The van der Waals surface area contributed by atoms with Crippen LogP contribution in [-0.4, -0.2) is 66.3 Å². The number of fused-ring (bicyclic) bond motifs is 1. The summed E-state index contributed by atoms with van der Waals surface area (Å²) in [6.45, 7) is 2.90. The largest absolute Gasteiger partial charge is 0.341 e. The van der Waals surface area contributed by atoms with Gasteiger partial charge in [0.1, 0.15) is 18.3 Å². The van der Waals surface area contributed by atoms with Crippen molar-refractivity contribution < 1.29 is 39.4 Å². The molecule has 0 aromatic carbocycles. The van der Waals surface area contributed by atoms with E-state index in [0.717, 1.165) is 12.5 Å². The summed E-state index contributed by atoms with van der Waals surface area (Å²) in [6, 6.07) is 0. The van der Waals surface area contributed by atoms with Crippen LogP contribution in [0.5, 0.6) is 0 Å². The molecule has 21 heavy (non-hydrogen) atoms. The van der Waals surface area contributed by atoms with Gasteiger partial charge in [0.2, 0.25) is 0 Å². The SMILES string of the molecule is CC1(C)O[C@H]2O[C@H](COS(C)(=O)=O)[C@H](OS(C)(=O)=O)[C@H]2O1. The second-order valence-corrected chi connectivity index (χ2v) is 8.64. The molecule has 0 aliphatic carbocycles. The van der Waals surface area contributed by atoms with Crippen LogP contribution in [0.2, 0.25) is 0 Å². The number of hydrogen-bond acceptors (Lipinski definition) is 9. The third-order valence-electron chi connectivity index (χ3n) is 2.82. The summed E-state index contributed by atoms with van der Waals surface area (Å²) in [6.07, 6.45) is -1.86. The lowest BCUT2D eigenvalue weighted by Gasteiger charge is -2.24. The fourth-order valence-electron chi connectivity index (χ4n) is 2.19. The molecule has 2 rings (SSSR count). The lowest BCUT2D eigenvalue weighted by molar-refractivity contribution is -0.215. The van der Waals surface area contributed by atoms with Gasteiger partial charge in [0, 0.05) is 0 Å². The first-order valence-electron chi connectivity index (χ1n) is 6.10. The van der Waals surface area contributed by atoms with Gasteiger partial charge >= 0.3 is 0 Å². The molecule has 2 aliphatic rings. The van der Waals surface area contributed by atoms with Crippen molar-refractivity contribution in [3.63, 3.8) is 0 Å². The summed E-state index contributed by atoms with van der Waals surface area (Å²) in [7, 11) is -7.48. The van der Waals surface area contributed by atoms with Gasteiger partial charge in [0.15, 0.2) is 12.1 Å². The summed E-state index contributed by atoms with van der Waals surface area (Å²) in [5.41, 5.74) is 0. The van der Waals surface area contributed by atoms with Gasteiger partial charge in [-0.25, -0.2) is 0 Å². The molecule has 0 bridgehead atoms. The first-order chi connectivity index (χ1) is 9.36. The Hall–Kier alpha value is -0.300. The molecule has 2 aliphatic heterocycles. The molecular formula is C10H18O9S2. The zero-order valence-corrected chi connectivity index (χ0v) is 13.6. The molecular weight excluding hydrogens is 328 g/mol. The first-order valence-corrected chi connectivity index (χ1v) is 9.73. The van der Waals surface area contributed by atoms with Crippen LogP contribution in [0.4, 0.5) is 0 Å². The highest BCUT2D eigenvalue weighted by Gasteiger charge is 2.56. The molecule has 0 unspecified atom stereocenters. The van der Waals surface area contributed by atoms with Crippen LogP contribution in [0, 0.1) is 0 Å². The lowest BCUT2D eigenvalue weighted by atomic mass is 10.1. The molecule has 0 spiro atoms. The lowest BCUT2D eigenvalue weighted by Crippen LogP contribution is -2.40. The van der Waals surface area contributed by atoms with Gasteiger partial charge in [-0.05, 0) is 13.8 Å². The average molecular weight is 346 g/mol. The molecule has 0 N–H and O–H groups in total. The third kappa shape index (κ3) is 4.58. The van der Waals surface area contributed by atoms with E-state index in [1.54, 1.807) is 13.8 Å². The predicted octanol–water partition coefficient (Wildman–Crippen LogP) is -0.816. The minimum Gasteiger partial charge on any atom is -0.341 e. The van der Waals surface area contributed by atoms with E-state index >= 15 is 0 Å². The summed E-state index contributed by atoms with van der Waals surface area (Å²) >= 11 is 0. The summed E-state index contributed by atoms with van der Waals surface area (Å²) < 4.78 is 70.8. The Kier molecular flexibility index (Phi) is 4.39. The fraction of sp³-hybridized carbons (Fsp3) is 1.00. The molecule has 9 nitrogen and oxygen atoms in total. The monoisotopic (exact) mass is 346 g/mol. The topological polar surface area (TPSA) is 114 Å². The molecule has 0 aromatic rings. The predicted molar refractivity (Wildman–Crippen MR) is 69.2 cm³/mol. The maximum atomic E-state index is 11.4. The van der Waals surface area contributed by atoms with Crippen LogP contribution in [0.3, 0.4) is 0 Å². The van der Waals surface area contributed by atoms with E-state index in [-0.39, 0.29) is 6.61 Å². The van der Waals surface area contributed by atoms with Crippen molar-refractivity contribution in [2.24, 2.45) is 0 Å². The van der Waals surface area contributed by atoms with Crippen molar-refractivity contribution in [3.8, 4) is 0 Å². The maximum Gasteiger partial charge on any atom is 0.264 e. The van der Waals surface area contributed by atoms with E-state index in [1.807, 2.05) is 0 Å². The van der Waals surface area contributed by atoms with Gasteiger partial charge in [-0.3, -0.25) is 8.37 Å². The minimum absolute atomic E-state index is 0.390. The van der Waals surface area contributed by atoms with Crippen molar-refractivity contribution in [2.75, 3.05) is 19.1 Å². The van der Waals surface area contributed by atoms with E-state index < -0.39 is 50.6 Å². The Balaban J connectivity index is 2.14. The molecule has 11 heteroatoms. The standard InChI is InChI=1S/C10H18O9S2/c1-10(2)17-8-7(19-21(4,13)14)6(16-9(8)18-10)5-15-20(3,11)12/h6-9H,5H2,1-4H3/t6-,7+,8-,9-/m1/s1. The normalized spacial score (nSPS) is 35.8. The van der Waals surface area contributed by atoms with Gasteiger partial charge in [-0.15, -0.1) is 0 Å². The van der Waals surface area contributed by atoms with Crippen LogP contribution >= 0.6 is 0 Å². The Morgan fingerprint density at radius 2 is 1.67 bits per heavy atom. The highest BCUT2D eigenvalue weighted by Crippen LogP contribution is 2.39. The van der Waals surface area contributed by atoms with Crippen LogP contribution in [-0.2, 0) is 42.8 Å². The van der Waals surface area contributed by atoms with Gasteiger partial charge in [0.05, 0.1) is 19.1 Å². The second-order valence-electron chi connectivity index (χ2n) is 5.40. The number of hydrogen-bond donors (Lipinski definition) is 0. The smallest absolute Gasteiger partial charge is 0.264 e. The highest BCUT2D eigenvalue weighted by atomic mass is 32.2. The van der Waals surface area contributed by atoms with Crippen molar-refractivity contribution in [1.29, 1.82) is 0 Å². The second kappa shape index (κ2) is 5.41. The molecule has 0 amide bonds.